The van der Waals surface area contributed by atoms with E-state index >= 15 is 0 Å². The monoisotopic (exact) mass is 319 g/mol. The lowest BCUT2D eigenvalue weighted by Crippen LogP contribution is -2.31. The topological polar surface area (TPSA) is 65.1 Å². The second kappa shape index (κ2) is 6.83. The molecule has 23 heavy (non-hydrogen) atoms. The number of hydrogen-bond acceptors (Lipinski definition) is 5. The second-order valence-electron chi connectivity index (χ2n) is 5.12. The third-order valence-corrected chi connectivity index (χ3v) is 3.61. The van der Waals surface area contributed by atoms with Crippen molar-refractivity contribution < 1.29 is 23.8 Å². The Labute approximate surface area is 135 Å². The Hall–Kier alpha value is -2.34. The van der Waals surface area contributed by atoms with Crippen molar-refractivity contribution in [3.63, 3.8) is 0 Å². The lowest BCUT2D eigenvalue weighted by molar-refractivity contribution is -0.122. The third-order valence-electron chi connectivity index (χ3n) is 3.61. The van der Waals surface area contributed by atoms with Crippen LogP contribution in [0.2, 0.25) is 0 Å². The number of fused-ring (bicyclic) bond motifs is 1. The molecule has 0 aliphatic carbocycles. The van der Waals surface area contributed by atoms with Gasteiger partial charge in [0, 0.05) is 30.7 Å². The van der Waals surface area contributed by atoms with Gasteiger partial charge in [0.25, 0.3) is 5.91 Å². The van der Waals surface area contributed by atoms with E-state index in [1.54, 1.807) is 18.2 Å². The summed E-state index contributed by atoms with van der Waals surface area (Å²) in [5, 5.41) is 0. The van der Waals surface area contributed by atoms with Gasteiger partial charge in [-0.2, -0.15) is 0 Å². The van der Waals surface area contributed by atoms with Gasteiger partial charge in [-0.15, -0.1) is 0 Å². The van der Waals surface area contributed by atoms with Crippen LogP contribution in [-0.2, 0) is 14.3 Å². The number of amides is 2. The molecule has 0 bridgehead atoms. The lowest BCUT2D eigenvalue weighted by atomic mass is 10.0. The van der Waals surface area contributed by atoms with Crippen molar-refractivity contribution in [2.75, 3.05) is 25.7 Å². The van der Waals surface area contributed by atoms with Gasteiger partial charge < -0.3 is 14.2 Å². The molecule has 1 atom stereocenters. The Morgan fingerprint density at radius 1 is 1.26 bits per heavy atom. The summed E-state index contributed by atoms with van der Waals surface area (Å²) in [6, 6.07) is 3.35. The number of rotatable bonds is 5. The van der Waals surface area contributed by atoms with E-state index in [1.165, 1.54) is 21.1 Å². The Bertz CT molecular complexity index is 665. The first-order valence-electron chi connectivity index (χ1n) is 7.39. The summed E-state index contributed by atoms with van der Waals surface area (Å²) in [6.45, 7) is 5.62. The zero-order valence-electron chi connectivity index (χ0n) is 14.0. The molecule has 0 spiro atoms. The Morgan fingerprint density at radius 2 is 1.87 bits per heavy atom. The number of methoxy groups -OCH3 is 2. The smallest absolute Gasteiger partial charge is 0.265 e. The molecular formula is C17H21NO5. The minimum absolute atomic E-state index is 0.244. The van der Waals surface area contributed by atoms with Crippen LogP contribution < -0.4 is 14.4 Å². The summed E-state index contributed by atoms with van der Waals surface area (Å²) in [6.07, 6.45) is 1.48. The molecule has 0 radical (unpaired) electrons. The minimum atomic E-state index is -0.366. The highest BCUT2D eigenvalue weighted by molar-refractivity contribution is 6.39. The first-order chi connectivity index (χ1) is 10.9. The fraction of sp³-hybridized carbons (Fsp3) is 0.412. The second-order valence-corrected chi connectivity index (χ2v) is 5.12. The SMILES string of the molecule is CCOC(C)C=C1C(=O)N(C(C)=O)c2cc(OC)c(OC)cc21. The van der Waals surface area contributed by atoms with Gasteiger partial charge in [0.1, 0.15) is 0 Å². The molecule has 1 heterocycles. The fourth-order valence-corrected chi connectivity index (χ4v) is 2.63. The van der Waals surface area contributed by atoms with Crippen LogP contribution in [0.1, 0.15) is 26.3 Å². The van der Waals surface area contributed by atoms with Gasteiger partial charge in [-0.3, -0.25) is 9.59 Å². The number of hydrogen-bond donors (Lipinski definition) is 0. The standard InChI is InChI=1S/C17H21NO5/c1-6-23-10(2)7-13-12-8-15(21-4)16(22-5)9-14(12)18(11(3)19)17(13)20/h7-10H,6H2,1-5H3. The predicted octanol–water partition coefficient (Wildman–Crippen LogP) is 2.41. The van der Waals surface area contributed by atoms with E-state index in [9.17, 15) is 9.59 Å². The molecule has 6 heteroatoms. The number of carbonyl (C=O) groups is 2. The van der Waals surface area contributed by atoms with Gasteiger partial charge >= 0.3 is 0 Å². The van der Waals surface area contributed by atoms with Crippen molar-refractivity contribution in [1.82, 2.24) is 0 Å². The summed E-state index contributed by atoms with van der Waals surface area (Å²) in [4.78, 5) is 25.7. The Morgan fingerprint density at radius 3 is 2.39 bits per heavy atom. The maximum Gasteiger partial charge on any atom is 0.265 e. The molecule has 6 nitrogen and oxygen atoms in total. The van der Waals surface area contributed by atoms with Crippen LogP contribution in [0, 0.1) is 0 Å². The Balaban J connectivity index is 2.62. The molecular weight excluding hydrogens is 298 g/mol. The van der Waals surface area contributed by atoms with Crippen LogP contribution in [0.3, 0.4) is 0 Å². The lowest BCUT2D eigenvalue weighted by Gasteiger charge is -2.14. The zero-order chi connectivity index (χ0) is 17.1. The van der Waals surface area contributed by atoms with Crippen molar-refractivity contribution in [2.24, 2.45) is 0 Å². The third kappa shape index (κ3) is 3.07. The highest BCUT2D eigenvalue weighted by atomic mass is 16.5. The van der Waals surface area contributed by atoms with Gasteiger partial charge in [0.05, 0.1) is 26.0 Å². The number of ether oxygens (including phenoxy) is 3. The van der Waals surface area contributed by atoms with Gasteiger partial charge in [0.2, 0.25) is 5.91 Å². The maximum absolute atomic E-state index is 12.6. The van der Waals surface area contributed by atoms with Gasteiger partial charge in [0.15, 0.2) is 11.5 Å². The average molecular weight is 319 g/mol. The average Bonchev–Trinajstić information content (AvgIpc) is 2.77. The molecule has 1 unspecified atom stereocenters. The van der Waals surface area contributed by atoms with E-state index in [2.05, 4.69) is 0 Å². The normalized spacial score (nSPS) is 16.5. The molecule has 2 rings (SSSR count). The summed E-state index contributed by atoms with van der Waals surface area (Å²) in [7, 11) is 3.03. The van der Waals surface area contributed by atoms with E-state index < -0.39 is 0 Å². The van der Waals surface area contributed by atoms with Crippen LogP contribution >= 0.6 is 0 Å². The minimum Gasteiger partial charge on any atom is -0.493 e. The zero-order valence-corrected chi connectivity index (χ0v) is 14.0. The molecule has 0 saturated heterocycles. The quantitative estimate of drug-likeness (QED) is 0.780. The first kappa shape index (κ1) is 17.0. The van der Waals surface area contributed by atoms with E-state index in [1.807, 2.05) is 13.8 Å². The van der Waals surface area contributed by atoms with Gasteiger partial charge in [-0.1, -0.05) is 0 Å². The van der Waals surface area contributed by atoms with Gasteiger partial charge in [-0.05, 0) is 26.0 Å². The molecule has 2 amide bonds. The van der Waals surface area contributed by atoms with Crippen molar-refractivity contribution in [2.45, 2.75) is 26.9 Å². The number of nitrogens with zero attached hydrogens (tertiary/aromatic N) is 1. The van der Waals surface area contributed by atoms with Crippen LogP contribution in [0.15, 0.2) is 18.2 Å². The summed E-state index contributed by atoms with van der Waals surface area (Å²) < 4.78 is 16.0. The van der Waals surface area contributed by atoms with E-state index in [0.717, 1.165) is 4.90 Å². The number of anilines is 1. The molecule has 124 valence electrons. The summed E-state index contributed by atoms with van der Waals surface area (Å²) in [5.41, 5.74) is 1.56. The molecule has 1 aromatic carbocycles. The van der Waals surface area contributed by atoms with Crippen molar-refractivity contribution in [3.8, 4) is 11.5 Å². The number of imide groups is 1. The molecule has 0 fully saturated rings. The Kier molecular flexibility index (Phi) is 5.05. The first-order valence-corrected chi connectivity index (χ1v) is 7.39. The van der Waals surface area contributed by atoms with Crippen LogP contribution in [0.5, 0.6) is 11.5 Å². The maximum atomic E-state index is 12.6. The molecule has 0 N–H and O–H groups in total. The van der Waals surface area contributed by atoms with Crippen LogP contribution in [0.25, 0.3) is 5.57 Å². The highest BCUT2D eigenvalue weighted by Gasteiger charge is 2.36. The number of carbonyl (C=O) groups excluding carboxylic acids is 2. The molecule has 1 aliphatic heterocycles. The van der Waals surface area contributed by atoms with E-state index in [0.29, 0.717) is 34.9 Å². The summed E-state index contributed by atoms with van der Waals surface area (Å²) in [5.74, 6) is 0.245. The van der Waals surface area contributed by atoms with Crippen LogP contribution in [-0.4, -0.2) is 38.7 Å². The fourth-order valence-electron chi connectivity index (χ4n) is 2.63. The van der Waals surface area contributed by atoms with E-state index in [4.69, 9.17) is 14.2 Å². The van der Waals surface area contributed by atoms with Crippen molar-refractivity contribution in [3.05, 3.63) is 23.8 Å². The predicted molar refractivity (Wildman–Crippen MR) is 86.8 cm³/mol. The largest absolute Gasteiger partial charge is 0.493 e. The molecule has 1 aromatic rings. The molecule has 0 saturated carbocycles. The van der Waals surface area contributed by atoms with Crippen molar-refractivity contribution >= 4 is 23.1 Å². The van der Waals surface area contributed by atoms with E-state index in [-0.39, 0.29) is 17.9 Å². The molecule has 0 aromatic heterocycles. The van der Waals surface area contributed by atoms with Gasteiger partial charge in [-0.25, -0.2) is 4.90 Å². The summed E-state index contributed by atoms with van der Waals surface area (Å²) >= 11 is 0. The molecule has 1 aliphatic rings. The highest BCUT2D eigenvalue weighted by Crippen LogP contribution is 2.43. The number of benzene rings is 1. The van der Waals surface area contributed by atoms with Crippen molar-refractivity contribution in [1.29, 1.82) is 0 Å². The van der Waals surface area contributed by atoms with Crippen LogP contribution in [0.4, 0.5) is 5.69 Å².